The fourth-order valence-corrected chi connectivity index (χ4v) is 2.07. The Morgan fingerprint density at radius 1 is 1.29 bits per heavy atom. The van der Waals surface area contributed by atoms with Crippen molar-refractivity contribution < 1.29 is 9.82 Å². The summed E-state index contributed by atoms with van der Waals surface area (Å²) < 4.78 is 0. The third kappa shape index (κ3) is 3.25. The zero-order valence-electron chi connectivity index (χ0n) is 10.1. The fourth-order valence-electron chi connectivity index (χ4n) is 2.07. The molecule has 1 heterocycles. The van der Waals surface area contributed by atoms with E-state index in [9.17, 15) is 10.1 Å². The van der Waals surface area contributed by atoms with Crippen LogP contribution in [0.3, 0.4) is 0 Å². The van der Waals surface area contributed by atoms with Crippen LogP contribution in [-0.2, 0) is 6.54 Å². The molecule has 0 unspecified atom stereocenters. The number of nitro benzene ring substituents is 1. The largest absolute Gasteiger partial charge is 0.335 e. The first-order chi connectivity index (χ1) is 8.15. The van der Waals surface area contributed by atoms with Crippen molar-refractivity contribution in [3.8, 4) is 0 Å². The van der Waals surface area contributed by atoms with Gasteiger partial charge >= 0.3 is 0 Å². The number of quaternary nitrogens is 1. The number of benzene rings is 1. The van der Waals surface area contributed by atoms with Crippen LogP contribution >= 0.6 is 0 Å². The normalized spacial score (nSPS) is 18.2. The van der Waals surface area contributed by atoms with Crippen molar-refractivity contribution in [2.75, 3.05) is 33.2 Å². The molecule has 5 heteroatoms. The predicted octanol–water partition coefficient (Wildman–Crippen LogP) is -0.0749. The molecular weight excluding hydrogens is 218 g/mol. The van der Waals surface area contributed by atoms with Gasteiger partial charge in [-0.25, -0.2) is 0 Å². The minimum atomic E-state index is -0.358. The Bertz CT molecular complexity index is 383. The van der Waals surface area contributed by atoms with Crippen LogP contribution < -0.4 is 4.90 Å². The van der Waals surface area contributed by atoms with Crippen LogP contribution in [0.4, 0.5) is 5.69 Å². The number of non-ortho nitro benzene ring substituents is 1. The van der Waals surface area contributed by atoms with Crippen molar-refractivity contribution in [2.24, 2.45) is 0 Å². The van der Waals surface area contributed by atoms with Crippen LogP contribution in [0.5, 0.6) is 0 Å². The molecule has 1 aromatic rings. The lowest BCUT2D eigenvalue weighted by Gasteiger charge is -2.29. The van der Waals surface area contributed by atoms with Crippen molar-refractivity contribution in [3.05, 3.63) is 39.9 Å². The van der Waals surface area contributed by atoms with Gasteiger partial charge in [-0.05, 0) is 5.56 Å². The summed E-state index contributed by atoms with van der Waals surface area (Å²) in [6.07, 6.45) is 0. The monoisotopic (exact) mass is 236 g/mol. The maximum absolute atomic E-state index is 10.5. The molecule has 1 aromatic carbocycles. The molecule has 92 valence electrons. The molecule has 5 nitrogen and oxygen atoms in total. The summed E-state index contributed by atoms with van der Waals surface area (Å²) in [4.78, 5) is 14.1. The molecule has 0 aliphatic carbocycles. The lowest BCUT2D eigenvalue weighted by atomic mass is 10.2. The molecule has 0 amide bonds. The van der Waals surface area contributed by atoms with E-state index in [0.717, 1.165) is 25.2 Å². The Kier molecular flexibility index (Phi) is 3.71. The van der Waals surface area contributed by atoms with Crippen LogP contribution in [-0.4, -0.2) is 43.0 Å². The van der Waals surface area contributed by atoms with Gasteiger partial charge in [0.25, 0.3) is 5.69 Å². The second-order valence-corrected chi connectivity index (χ2v) is 4.66. The highest BCUT2D eigenvalue weighted by Gasteiger charge is 2.16. The molecule has 0 aromatic heterocycles. The molecule has 0 radical (unpaired) electrons. The Hall–Kier alpha value is -1.46. The zero-order valence-corrected chi connectivity index (χ0v) is 10.1. The SMILES string of the molecule is C[NH+]1CCN(Cc2ccc([N+](=O)[O-])cc2)CC1. The summed E-state index contributed by atoms with van der Waals surface area (Å²) in [6.45, 7) is 5.44. The average molecular weight is 236 g/mol. The van der Waals surface area contributed by atoms with Crippen LogP contribution in [0.25, 0.3) is 0 Å². The van der Waals surface area contributed by atoms with Gasteiger partial charge in [0.1, 0.15) is 0 Å². The van der Waals surface area contributed by atoms with Gasteiger partial charge in [-0.2, -0.15) is 0 Å². The number of hydrogen-bond donors (Lipinski definition) is 1. The summed E-state index contributed by atoms with van der Waals surface area (Å²) in [7, 11) is 2.21. The minimum Gasteiger partial charge on any atom is -0.335 e. The van der Waals surface area contributed by atoms with E-state index in [0.29, 0.717) is 0 Å². The standard InChI is InChI=1S/C12H17N3O2/c1-13-6-8-14(9-7-13)10-11-2-4-12(5-3-11)15(16)17/h2-5H,6-10H2,1H3/p+1. The van der Waals surface area contributed by atoms with E-state index in [4.69, 9.17) is 0 Å². The van der Waals surface area contributed by atoms with E-state index in [2.05, 4.69) is 11.9 Å². The van der Waals surface area contributed by atoms with Crippen molar-refractivity contribution in [3.63, 3.8) is 0 Å². The number of nitrogens with zero attached hydrogens (tertiary/aromatic N) is 2. The minimum absolute atomic E-state index is 0.163. The highest BCUT2D eigenvalue weighted by molar-refractivity contribution is 5.32. The van der Waals surface area contributed by atoms with Crippen molar-refractivity contribution in [1.82, 2.24) is 4.90 Å². The highest BCUT2D eigenvalue weighted by Crippen LogP contribution is 2.13. The van der Waals surface area contributed by atoms with Crippen molar-refractivity contribution in [1.29, 1.82) is 0 Å². The number of nitro groups is 1. The maximum atomic E-state index is 10.5. The van der Waals surface area contributed by atoms with E-state index in [-0.39, 0.29) is 10.6 Å². The van der Waals surface area contributed by atoms with Crippen LogP contribution in [0.15, 0.2) is 24.3 Å². The summed E-state index contributed by atoms with van der Waals surface area (Å²) in [5.74, 6) is 0. The highest BCUT2D eigenvalue weighted by atomic mass is 16.6. The second kappa shape index (κ2) is 5.25. The smallest absolute Gasteiger partial charge is 0.269 e. The molecule has 1 saturated heterocycles. The first-order valence-corrected chi connectivity index (χ1v) is 5.92. The molecule has 0 spiro atoms. The Morgan fingerprint density at radius 2 is 1.88 bits per heavy atom. The quantitative estimate of drug-likeness (QED) is 0.590. The van der Waals surface area contributed by atoms with Gasteiger partial charge in [0.2, 0.25) is 0 Å². The van der Waals surface area contributed by atoms with Crippen LogP contribution in [0.1, 0.15) is 5.56 Å². The number of piperazine rings is 1. The molecule has 1 aliphatic heterocycles. The Morgan fingerprint density at radius 3 is 2.41 bits per heavy atom. The molecule has 1 aliphatic rings. The molecular formula is C12H18N3O2+. The van der Waals surface area contributed by atoms with Crippen LogP contribution in [0.2, 0.25) is 0 Å². The third-order valence-electron chi connectivity index (χ3n) is 3.26. The number of hydrogen-bond acceptors (Lipinski definition) is 3. The summed E-state index contributed by atoms with van der Waals surface area (Å²) in [5.41, 5.74) is 1.31. The van der Waals surface area contributed by atoms with Gasteiger partial charge in [0.15, 0.2) is 0 Å². The lowest BCUT2D eigenvalue weighted by molar-refractivity contribution is -0.884. The molecule has 0 saturated carbocycles. The molecule has 17 heavy (non-hydrogen) atoms. The van der Waals surface area contributed by atoms with E-state index in [1.165, 1.54) is 13.1 Å². The Labute approximate surface area is 101 Å². The van der Waals surface area contributed by atoms with Crippen LogP contribution in [0, 0.1) is 10.1 Å². The number of likely N-dealkylation sites (N-methyl/N-ethyl adjacent to an activating group) is 1. The fraction of sp³-hybridized carbons (Fsp3) is 0.500. The van der Waals surface area contributed by atoms with Gasteiger partial charge < -0.3 is 4.90 Å². The van der Waals surface area contributed by atoms with Gasteiger partial charge in [0.05, 0.1) is 25.1 Å². The average Bonchev–Trinajstić information content (AvgIpc) is 2.33. The Balaban J connectivity index is 1.92. The number of rotatable bonds is 3. The van der Waals surface area contributed by atoms with Gasteiger partial charge in [-0.1, -0.05) is 12.1 Å². The second-order valence-electron chi connectivity index (χ2n) is 4.66. The van der Waals surface area contributed by atoms with E-state index >= 15 is 0 Å². The zero-order chi connectivity index (χ0) is 12.3. The van der Waals surface area contributed by atoms with E-state index in [1.807, 2.05) is 12.1 Å². The molecule has 0 atom stereocenters. The molecule has 1 N–H and O–H groups in total. The first kappa shape index (κ1) is 12.0. The maximum Gasteiger partial charge on any atom is 0.269 e. The van der Waals surface area contributed by atoms with Crippen molar-refractivity contribution in [2.45, 2.75) is 6.54 Å². The summed E-state index contributed by atoms with van der Waals surface area (Å²) in [5, 5.41) is 10.5. The number of nitrogens with one attached hydrogen (secondary N) is 1. The van der Waals surface area contributed by atoms with Gasteiger partial charge in [0, 0.05) is 31.8 Å². The molecule has 0 bridgehead atoms. The lowest BCUT2D eigenvalue weighted by Crippen LogP contribution is -3.11. The predicted molar refractivity (Wildman–Crippen MR) is 65.0 cm³/mol. The summed E-state index contributed by atoms with van der Waals surface area (Å²) >= 11 is 0. The summed E-state index contributed by atoms with van der Waals surface area (Å²) in [6, 6.07) is 6.86. The van der Waals surface area contributed by atoms with Gasteiger partial charge in [-0.15, -0.1) is 0 Å². The molecule has 2 rings (SSSR count). The third-order valence-corrected chi connectivity index (χ3v) is 3.26. The van der Waals surface area contributed by atoms with E-state index in [1.54, 1.807) is 17.0 Å². The van der Waals surface area contributed by atoms with Gasteiger partial charge in [-0.3, -0.25) is 15.0 Å². The topological polar surface area (TPSA) is 50.8 Å². The first-order valence-electron chi connectivity index (χ1n) is 5.92. The molecule has 1 fully saturated rings. The van der Waals surface area contributed by atoms with Crippen molar-refractivity contribution >= 4 is 5.69 Å². The van der Waals surface area contributed by atoms with E-state index < -0.39 is 0 Å².